The van der Waals surface area contributed by atoms with Crippen molar-refractivity contribution in [1.82, 2.24) is 10.2 Å². The highest BCUT2D eigenvalue weighted by atomic mass is 16.4. The molecule has 1 amide bonds. The second-order valence-corrected chi connectivity index (χ2v) is 7.89. The number of nitrogens with zero attached hydrogens (tertiary/aromatic N) is 1. The fourth-order valence-corrected chi connectivity index (χ4v) is 4.00. The lowest BCUT2D eigenvalue weighted by Gasteiger charge is -2.33. The number of benzene rings is 2. The molecule has 1 aliphatic heterocycles. The number of aliphatic carboxylic acids is 1. The lowest BCUT2D eigenvalue weighted by molar-refractivity contribution is -0.137. The minimum Gasteiger partial charge on any atom is -0.481 e. The first kappa shape index (κ1) is 21.1. The van der Waals surface area contributed by atoms with Crippen molar-refractivity contribution < 1.29 is 14.7 Å². The van der Waals surface area contributed by atoms with Crippen LogP contribution in [0.25, 0.3) is 0 Å². The number of amides is 1. The van der Waals surface area contributed by atoms with Gasteiger partial charge in [0.05, 0.1) is 5.92 Å². The van der Waals surface area contributed by atoms with Gasteiger partial charge in [-0.05, 0) is 43.4 Å². The number of nitrogens with one attached hydrogen (secondary N) is 1. The number of carbonyl (C=O) groups excluding carboxylic acids is 1. The van der Waals surface area contributed by atoms with Crippen molar-refractivity contribution in [2.75, 3.05) is 13.1 Å². The van der Waals surface area contributed by atoms with Gasteiger partial charge in [0.1, 0.15) is 0 Å². The Balaban J connectivity index is 1.57. The normalized spacial score (nSPS) is 18.1. The first-order valence-corrected chi connectivity index (χ1v) is 10.4. The van der Waals surface area contributed by atoms with Gasteiger partial charge in [0, 0.05) is 25.6 Å². The van der Waals surface area contributed by atoms with Crippen LogP contribution in [0, 0.1) is 5.92 Å². The average molecular weight is 395 g/mol. The minimum atomic E-state index is -0.830. The van der Waals surface area contributed by atoms with Crippen LogP contribution < -0.4 is 5.32 Å². The van der Waals surface area contributed by atoms with Gasteiger partial charge in [-0.25, -0.2) is 0 Å². The van der Waals surface area contributed by atoms with Gasteiger partial charge in [-0.15, -0.1) is 0 Å². The van der Waals surface area contributed by atoms with Gasteiger partial charge in [-0.1, -0.05) is 60.7 Å². The molecule has 5 nitrogen and oxygen atoms in total. The van der Waals surface area contributed by atoms with Gasteiger partial charge >= 0.3 is 5.97 Å². The molecule has 0 bridgehead atoms. The second kappa shape index (κ2) is 10.8. The van der Waals surface area contributed by atoms with E-state index in [0.717, 1.165) is 38.0 Å². The predicted molar refractivity (Wildman–Crippen MR) is 113 cm³/mol. The quantitative estimate of drug-likeness (QED) is 0.683. The van der Waals surface area contributed by atoms with E-state index >= 15 is 0 Å². The summed E-state index contributed by atoms with van der Waals surface area (Å²) in [6.07, 6.45) is 3.04. The zero-order valence-electron chi connectivity index (χ0n) is 16.8. The van der Waals surface area contributed by atoms with Gasteiger partial charge in [0.15, 0.2) is 0 Å². The van der Waals surface area contributed by atoms with Crippen molar-refractivity contribution >= 4 is 11.9 Å². The smallest absolute Gasteiger partial charge is 0.303 e. The van der Waals surface area contributed by atoms with Crippen LogP contribution >= 0.6 is 0 Å². The van der Waals surface area contributed by atoms with E-state index in [1.54, 1.807) is 0 Å². The molecule has 1 aliphatic rings. The topological polar surface area (TPSA) is 69.6 Å². The predicted octanol–water partition coefficient (Wildman–Crippen LogP) is 3.49. The molecule has 2 aromatic rings. The Hall–Kier alpha value is -2.66. The van der Waals surface area contributed by atoms with Crippen LogP contribution in [0.4, 0.5) is 0 Å². The van der Waals surface area contributed by atoms with Crippen molar-refractivity contribution in [1.29, 1.82) is 0 Å². The summed E-state index contributed by atoms with van der Waals surface area (Å²) in [5.41, 5.74) is 2.37. The standard InChI is InChI=1S/C24H30N2O3/c27-23(28)14-13-22(16-19-8-3-1-4-9-19)25-24(29)21-12-7-15-26(18-21)17-20-10-5-2-6-11-20/h1-6,8-11,21-22H,7,12-18H2,(H,25,29)(H,27,28). The van der Waals surface area contributed by atoms with Gasteiger partial charge < -0.3 is 10.4 Å². The van der Waals surface area contributed by atoms with Gasteiger partial charge in [0.25, 0.3) is 0 Å². The molecular formula is C24H30N2O3. The summed E-state index contributed by atoms with van der Waals surface area (Å²) in [4.78, 5) is 26.3. The van der Waals surface area contributed by atoms with E-state index in [0.29, 0.717) is 12.8 Å². The fraction of sp³-hybridized carbons (Fsp3) is 0.417. The van der Waals surface area contributed by atoms with E-state index in [-0.39, 0.29) is 24.3 Å². The Bertz CT molecular complexity index is 779. The van der Waals surface area contributed by atoms with Crippen LogP contribution in [0.15, 0.2) is 60.7 Å². The summed E-state index contributed by atoms with van der Waals surface area (Å²) in [7, 11) is 0. The Morgan fingerprint density at radius 1 is 1.03 bits per heavy atom. The summed E-state index contributed by atoms with van der Waals surface area (Å²) < 4.78 is 0. The molecule has 3 rings (SSSR count). The molecule has 1 fully saturated rings. The van der Waals surface area contributed by atoms with Gasteiger partial charge in [-0.3, -0.25) is 14.5 Å². The van der Waals surface area contributed by atoms with Crippen molar-refractivity contribution in [3.05, 3.63) is 71.8 Å². The molecule has 1 saturated heterocycles. The third kappa shape index (κ3) is 7.02. The first-order valence-electron chi connectivity index (χ1n) is 10.4. The van der Waals surface area contributed by atoms with E-state index in [4.69, 9.17) is 5.11 Å². The summed E-state index contributed by atoms with van der Waals surface area (Å²) in [6, 6.07) is 20.1. The van der Waals surface area contributed by atoms with Crippen LogP contribution in [0.5, 0.6) is 0 Å². The third-order valence-electron chi connectivity index (χ3n) is 5.50. The maximum Gasteiger partial charge on any atom is 0.303 e. The summed E-state index contributed by atoms with van der Waals surface area (Å²) in [5.74, 6) is -0.825. The SMILES string of the molecule is O=C(O)CCC(Cc1ccccc1)NC(=O)C1CCCN(Cc2ccccc2)C1. The van der Waals surface area contributed by atoms with E-state index in [9.17, 15) is 9.59 Å². The zero-order valence-corrected chi connectivity index (χ0v) is 16.8. The molecular weight excluding hydrogens is 364 g/mol. The highest BCUT2D eigenvalue weighted by molar-refractivity contribution is 5.79. The molecule has 0 radical (unpaired) electrons. The van der Waals surface area contributed by atoms with Crippen LogP contribution in [0.2, 0.25) is 0 Å². The number of carboxylic acids is 1. The number of rotatable bonds is 9. The molecule has 0 aliphatic carbocycles. The Morgan fingerprint density at radius 2 is 1.69 bits per heavy atom. The molecule has 2 N–H and O–H groups in total. The number of carboxylic acid groups (broad SMARTS) is 1. The van der Waals surface area contributed by atoms with Crippen LogP contribution in [-0.4, -0.2) is 41.0 Å². The monoisotopic (exact) mass is 394 g/mol. The van der Waals surface area contributed by atoms with Gasteiger partial charge in [0.2, 0.25) is 5.91 Å². The molecule has 2 atom stereocenters. The lowest BCUT2D eigenvalue weighted by atomic mass is 9.95. The summed E-state index contributed by atoms with van der Waals surface area (Å²) in [5, 5.41) is 12.2. The maximum absolute atomic E-state index is 13.0. The average Bonchev–Trinajstić information content (AvgIpc) is 2.73. The highest BCUT2D eigenvalue weighted by Crippen LogP contribution is 2.20. The van der Waals surface area contributed by atoms with Crippen molar-refractivity contribution in [2.45, 2.75) is 44.7 Å². The van der Waals surface area contributed by atoms with E-state index in [1.165, 1.54) is 5.56 Å². The molecule has 0 aromatic heterocycles. The zero-order chi connectivity index (χ0) is 20.5. The molecule has 0 spiro atoms. The number of hydrogen-bond acceptors (Lipinski definition) is 3. The molecule has 154 valence electrons. The van der Waals surface area contributed by atoms with E-state index < -0.39 is 5.97 Å². The molecule has 0 saturated carbocycles. The van der Waals surface area contributed by atoms with Crippen molar-refractivity contribution in [3.63, 3.8) is 0 Å². The minimum absolute atomic E-state index is 0.0458. The molecule has 1 heterocycles. The van der Waals surface area contributed by atoms with Crippen LogP contribution in [0.1, 0.15) is 36.8 Å². The second-order valence-electron chi connectivity index (χ2n) is 7.89. The Labute approximate surface area is 172 Å². The lowest BCUT2D eigenvalue weighted by Crippen LogP contribution is -2.46. The van der Waals surface area contributed by atoms with Gasteiger partial charge in [-0.2, -0.15) is 0 Å². The summed E-state index contributed by atoms with van der Waals surface area (Å²) in [6.45, 7) is 2.61. The largest absolute Gasteiger partial charge is 0.481 e. The van der Waals surface area contributed by atoms with Crippen molar-refractivity contribution in [2.24, 2.45) is 5.92 Å². The molecule has 2 unspecified atom stereocenters. The molecule has 5 heteroatoms. The first-order chi connectivity index (χ1) is 14.1. The fourth-order valence-electron chi connectivity index (χ4n) is 4.00. The van der Waals surface area contributed by atoms with E-state index in [2.05, 4.69) is 22.3 Å². The Morgan fingerprint density at radius 3 is 2.34 bits per heavy atom. The van der Waals surface area contributed by atoms with E-state index in [1.807, 2.05) is 48.5 Å². The number of likely N-dealkylation sites (tertiary alicyclic amines) is 1. The third-order valence-corrected chi connectivity index (χ3v) is 5.50. The number of piperidine rings is 1. The number of hydrogen-bond donors (Lipinski definition) is 2. The van der Waals surface area contributed by atoms with Crippen LogP contribution in [-0.2, 0) is 22.6 Å². The van der Waals surface area contributed by atoms with Crippen molar-refractivity contribution in [3.8, 4) is 0 Å². The number of carbonyl (C=O) groups is 2. The highest BCUT2D eigenvalue weighted by Gasteiger charge is 2.27. The molecule has 29 heavy (non-hydrogen) atoms. The molecule has 2 aromatic carbocycles. The Kier molecular flexibility index (Phi) is 7.82. The van der Waals surface area contributed by atoms with Crippen LogP contribution in [0.3, 0.4) is 0 Å². The summed E-state index contributed by atoms with van der Waals surface area (Å²) >= 11 is 0. The maximum atomic E-state index is 13.0.